The van der Waals surface area contributed by atoms with E-state index in [1.54, 1.807) is 18.3 Å². The summed E-state index contributed by atoms with van der Waals surface area (Å²) in [6.07, 6.45) is 1.58. The molecule has 0 unspecified atom stereocenters. The molecule has 0 saturated carbocycles. The maximum atomic E-state index is 13.3. The van der Waals surface area contributed by atoms with E-state index in [2.05, 4.69) is 4.98 Å². The number of benzene rings is 1. The molecule has 0 aliphatic carbocycles. The number of halogens is 1. The highest BCUT2D eigenvalue weighted by Gasteiger charge is 2.05. The topological polar surface area (TPSA) is 38.9 Å². The van der Waals surface area contributed by atoms with Gasteiger partial charge >= 0.3 is 0 Å². The molecular formula is C10H9FN2. The average molecular weight is 176 g/mol. The lowest BCUT2D eigenvalue weighted by molar-refractivity contribution is 0.639. The summed E-state index contributed by atoms with van der Waals surface area (Å²) in [7, 11) is 0. The molecule has 1 aromatic heterocycles. The van der Waals surface area contributed by atoms with Gasteiger partial charge in [-0.3, -0.25) is 0 Å². The maximum Gasteiger partial charge on any atom is 0.131 e. The van der Waals surface area contributed by atoms with Crippen LogP contribution in [0.1, 0.15) is 5.56 Å². The predicted molar refractivity (Wildman–Crippen MR) is 50.9 cm³/mol. The van der Waals surface area contributed by atoms with E-state index in [-0.39, 0.29) is 5.82 Å². The SMILES string of the molecule is Cc1cnc(N)c2cccc(F)c12. The van der Waals surface area contributed by atoms with Gasteiger partial charge in [-0.05, 0) is 18.6 Å². The largest absolute Gasteiger partial charge is 0.383 e. The van der Waals surface area contributed by atoms with Crippen LogP contribution in [0.25, 0.3) is 10.8 Å². The van der Waals surface area contributed by atoms with Crippen molar-refractivity contribution in [2.75, 3.05) is 5.73 Å². The van der Waals surface area contributed by atoms with Crippen LogP contribution in [0.5, 0.6) is 0 Å². The molecule has 0 aliphatic heterocycles. The van der Waals surface area contributed by atoms with Gasteiger partial charge < -0.3 is 5.73 Å². The van der Waals surface area contributed by atoms with Gasteiger partial charge in [0.2, 0.25) is 0 Å². The van der Waals surface area contributed by atoms with Crippen LogP contribution in [0.15, 0.2) is 24.4 Å². The van der Waals surface area contributed by atoms with Crippen molar-refractivity contribution in [3.63, 3.8) is 0 Å². The fourth-order valence-electron chi connectivity index (χ4n) is 1.44. The smallest absolute Gasteiger partial charge is 0.131 e. The number of rotatable bonds is 0. The van der Waals surface area contributed by atoms with Crippen LogP contribution in [-0.2, 0) is 0 Å². The second-order valence-electron chi connectivity index (χ2n) is 2.99. The second-order valence-corrected chi connectivity index (χ2v) is 2.99. The number of pyridine rings is 1. The van der Waals surface area contributed by atoms with E-state index in [9.17, 15) is 4.39 Å². The average Bonchev–Trinajstić information content (AvgIpc) is 2.12. The lowest BCUT2D eigenvalue weighted by atomic mass is 10.1. The summed E-state index contributed by atoms with van der Waals surface area (Å²) in [5.74, 6) is 0.129. The van der Waals surface area contributed by atoms with Crippen molar-refractivity contribution >= 4 is 16.6 Å². The van der Waals surface area contributed by atoms with Gasteiger partial charge in [-0.1, -0.05) is 12.1 Å². The fourth-order valence-corrected chi connectivity index (χ4v) is 1.44. The van der Waals surface area contributed by atoms with E-state index in [0.717, 1.165) is 5.56 Å². The lowest BCUT2D eigenvalue weighted by Crippen LogP contribution is -1.94. The van der Waals surface area contributed by atoms with Gasteiger partial charge in [-0.2, -0.15) is 0 Å². The Labute approximate surface area is 75.2 Å². The van der Waals surface area contributed by atoms with Crippen LogP contribution < -0.4 is 5.73 Å². The zero-order valence-corrected chi connectivity index (χ0v) is 7.21. The fraction of sp³-hybridized carbons (Fsp3) is 0.100. The number of nitrogens with zero attached hydrogens (tertiary/aromatic N) is 1. The molecule has 13 heavy (non-hydrogen) atoms. The number of anilines is 1. The van der Waals surface area contributed by atoms with Crippen LogP contribution in [0.3, 0.4) is 0 Å². The zero-order valence-electron chi connectivity index (χ0n) is 7.21. The van der Waals surface area contributed by atoms with Crippen molar-refractivity contribution in [3.05, 3.63) is 35.8 Å². The molecule has 0 saturated heterocycles. The molecule has 0 spiro atoms. The number of nitrogen functional groups attached to an aromatic ring is 1. The quantitative estimate of drug-likeness (QED) is 0.668. The van der Waals surface area contributed by atoms with Crippen molar-refractivity contribution in [3.8, 4) is 0 Å². The lowest BCUT2D eigenvalue weighted by Gasteiger charge is -2.04. The number of aromatic nitrogens is 1. The summed E-state index contributed by atoms with van der Waals surface area (Å²) in [6, 6.07) is 4.83. The van der Waals surface area contributed by atoms with E-state index in [1.165, 1.54) is 6.07 Å². The summed E-state index contributed by atoms with van der Waals surface area (Å²) < 4.78 is 13.3. The molecule has 0 amide bonds. The number of fused-ring (bicyclic) bond motifs is 1. The van der Waals surface area contributed by atoms with Gasteiger partial charge in [0, 0.05) is 17.0 Å². The van der Waals surface area contributed by atoms with Crippen LogP contribution in [0.4, 0.5) is 10.2 Å². The van der Waals surface area contributed by atoms with E-state index in [1.807, 2.05) is 6.92 Å². The summed E-state index contributed by atoms with van der Waals surface area (Å²) in [5, 5.41) is 1.25. The molecule has 2 nitrogen and oxygen atoms in total. The van der Waals surface area contributed by atoms with Gasteiger partial charge in [-0.25, -0.2) is 9.37 Å². The molecule has 0 atom stereocenters. The summed E-state index contributed by atoms with van der Waals surface area (Å²) in [6.45, 7) is 1.82. The number of hydrogen-bond acceptors (Lipinski definition) is 2. The van der Waals surface area contributed by atoms with E-state index in [0.29, 0.717) is 16.6 Å². The van der Waals surface area contributed by atoms with E-state index >= 15 is 0 Å². The third-order valence-corrected chi connectivity index (χ3v) is 2.08. The van der Waals surface area contributed by atoms with Gasteiger partial charge in [0.05, 0.1) is 0 Å². The molecule has 1 heterocycles. The second kappa shape index (κ2) is 2.69. The highest BCUT2D eigenvalue weighted by molar-refractivity contribution is 5.93. The molecule has 0 bridgehead atoms. The zero-order chi connectivity index (χ0) is 9.42. The van der Waals surface area contributed by atoms with Gasteiger partial charge in [0.15, 0.2) is 0 Å². The molecule has 2 rings (SSSR count). The molecule has 0 aliphatic rings. The molecule has 0 radical (unpaired) electrons. The Morgan fingerprint density at radius 3 is 2.85 bits per heavy atom. The molecule has 2 N–H and O–H groups in total. The first-order valence-corrected chi connectivity index (χ1v) is 3.99. The third-order valence-electron chi connectivity index (χ3n) is 2.08. The Morgan fingerprint density at radius 2 is 2.15 bits per heavy atom. The first kappa shape index (κ1) is 7.98. The molecule has 66 valence electrons. The standard InChI is InChI=1S/C10H9FN2/c1-6-5-13-10(12)7-3-2-4-8(11)9(6)7/h2-5H,1H3,(H2,12,13). The first-order valence-electron chi connectivity index (χ1n) is 3.99. The van der Waals surface area contributed by atoms with Crippen molar-refractivity contribution in [1.82, 2.24) is 4.98 Å². The third kappa shape index (κ3) is 1.13. The molecule has 3 heteroatoms. The molecule has 1 aromatic carbocycles. The van der Waals surface area contributed by atoms with Crippen LogP contribution in [-0.4, -0.2) is 4.98 Å². The first-order chi connectivity index (χ1) is 6.20. The minimum atomic E-state index is -0.246. The summed E-state index contributed by atoms with van der Waals surface area (Å²) in [4.78, 5) is 3.96. The summed E-state index contributed by atoms with van der Waals surface area (Å²) in [5.41, 5.74) is 6.42. The minimum absolute atomic E-state index is 0.246. The number of aryl methyl sites for hydroxylation is 1. The van der Waals surface area contributed by atoms with Gasteiger partial charge in [0.1, 0.15) is 11.6 Å². The van der Waals surface area contributed by atoms with Gasteiger partial charge in [0.25, 0.3) is 0 Å². The summed E-state index contributed by atoms with van der Waals surface area (Å²) >= 11 is 0. The minimum Gasteiger partial charge on any atom is -0.383 e. The highest BCUT2D eigenvalue weighted by Crippen LogP contribution is 2.24. The van der Waals surface area contributed by atoms with Crippen molar-refractivity contribution in [1.29, 1.82) is 0 Å². The number of hydrogen-bond donors (Lipinski definition) is 1. The van der Waals surface area contributed by atoms with Crippen LogP contribution in [0.2, 0.25) is 0 Å². The van der Waals surface area contributed by atoms with E-state index in [4.69, 9.17) is 5.73 Å². The number of nitrogens with two attached hydrogens (primary N) is 1. The monoisotopic (exact) mass is 176 g/mol. The van der Waals surface area contributed by atoms with Gasteiger partial charge in [-0.15, -0.1) is 0 Å². The van der Waals surface area contributed by atoms with Crippen molar-refractivity contribution in [2.45, 2.75) is 6.92 Å². The Kier molecular flexibility index (Phi) is 1.65. The molecule has 2 aromatic rings. The highest BCUT2D eigenvalue weighted by atomic mass is 19.1. The van der Waals surface area contributed by atoms with Crippen LogP contribution >= 0.6 is 0 Å². The van der Waals surface area contributed by atoms with Crippen LogP contribution in [0, 0.1) is 12.7 Å². The Balaban J connectivity index is 3.00. The molecular weight excluding hydrogens is 167 g/mol. The predicted octanol–water partition coefficient (Wildman–Crippen LogP) is 2.26. The molecule has 0 fully saturated rings. The van der Waals surface area contributed by atoms with Crippen molar-refractivity contribution in [2.24, 2.45) is 0 Å². The Morgan fingerprint density at radius 1 is 1.38 bits per heavy atom. The van der Waals surface area contributed by atoms with Crippen molar-refractivity contribution < 1.29 is 4.39 Å². The Hall–Kier alpha value is -1.64. The normalized spacial score (nSPS) is 10.6. The maximum absolute atomic E-state index is 13.3. The van der Waals surface area contributed by atoms with E-state index < -0.39 is 0 Å². The Bertz CT molecular complexity index is 457.